The summed E-state index contributed by atoms with van der Waals surface area (Å²) in [5, 5.41) is 11.9. The van der Waals surface area contributed by atoms with E-state index in [0.29, 0.717) is 12.6 Å². The van der Waals surface area contributed by atoms with E-state index in [1.807, 2.05) is 30.3 Å². The van der Waals surface area contributed by atoms with E-state index in [1.54, 1.807) is 0 Å². The van der Waals surface area contributed by atoms with Crippen molar-refractivity contribution in [2.45, 2.75) is 31.5 Å². The van der Waals surface area contributed by atoms with Crippen molar-refractivity contribution in [1.82, 2.24) is 10.8 Å². The van der Waals surface area contributed by atoms with E-state index in [9.17, 15) is 0 Å². The van der Waals surface area contributed by atoms with Gasteiger partial charge in [0.1, 0.15) is 0 Å². The summed E-state index contributed by atoms with van der Waals surface area (Å²) < 4.78 is 0. The van der Waals surface area contributed by atoms with Gasteiger partial charge in [0.15, 0.2) is 0 Å². The first-order valence-corrected chi connectivity index (χ1v) is 5.92. The lowest BCUT2D eigenvalue weighted by Crippen LogP contribution is -2.47. The Morgan fingerprint density at radius 2 is 2.18 bits per heavy atom. The molecule has 4 nitrogen and oxygen atoms in total. The van der Waals surface area contributed by atoms with E-state index in [2.05, 4.69) is 16.9 Å². The first kappa shape index (κ1) is 12.1. The van der Waals surface area contributed by atoms with Crippen LogP contribution in [-0.4, -0.2) is 18.6 Å². The number of nitrogens with zero attached hydrogens (tertiary/aromatic N) is 1. The fourth-order valence-corrected chi connectivity index (χ4v) is 1.88. The third-order valence-corrected chi connectivity index (χ3v) is 2.90. The van der Waals surface area contributed by atoms with E-state index < -0.39 is 0 Å². The fraction of sp³-hybridized carbons (Fsp3) is 0.462. The van der Waals surface area contributed by atoms with Crippen molar-refractivity contribution in [3.05, 3.63) is 35.9 Å². The number of hydroxylamine groups is 1. The maximum atomic E-state index is 8.74. The summed E-state index contributed by atoms with van der Waals surface area (Å²) in [5.74, 6) is 0. The van der Waals surface area contributed by atoms with Crippen molar-refractivity contribution in [2.75, 3.05) is 6.54 Å². The van der Waals surface area contributed by atoms with Crippen LogP contribution in [0.25, 0.3) is 0 Å². The molecule has 1 fully saturated rings. The van der Waals surface area contributed by atoms with Gasteiger partial charge < -0.3 is 5.32 Å². The van der Waals surface area contributed by atoms with Gasteiger partial charge in [-0.05, 0) is 18.4 Å². The van der Waals surface area contributed by atoms with Gasteiger partial charge in [0.25, 0.3) is 0 Å². The lowest BCUT2D eigenvalue weighted by Gasteiger charge is -2.26. The summed E-state index contributed by atoms with van der Waals surface area (Å²) >= 11 is 0. The molecule has 0 aromatic heterocycles. The third-order valence-electron chi connectivity index (χ3n) is 2.90. The normalized spacial score (nSPS) is 24.2. The molecule has 0 radical (unpaired) electrons. The van der Waals surface area contributed by atoms with Gasteiger partial charge in [-0.15, -0.1) is 0 Å². The lowest BCUT2D eigenvalue weighted by molar-refractivity contribution is -0.00271. The summed E-state index contributed by atoms with van der Waals surface area (Å²) in [6.45, 7) is 1.35. The molecule has 17 heavy (non-hydrogen) atoms. The Labute approximate surface area is 102 Å². The Bertz CT molecular complexity index is 366. The summed E-state index contributed by atoms with van der Waals surface area (Å²) in [4.78, 5) is 5.46. The zero-order chi connectivity index (χ0) is 11.9. The lowest BCUT2D eigenvalue weighted by atomic mass is 10.0. The molecule has 1 aliphatic heterocycles. The molecule has 0 aliphatic carbocycles. The molecular weight excluding hydrogens is 214 g/mol. The highest BCUT2D eigenvalue weighted by molar-refractivity contribution is 5.13. The summed E-state index contributed by atoms with van der Waals surface area (Å²) in [6.07, 6.45) is 1.85. The molecule has 0 amide bonds. The third kappa shape index (κ3) is 3.82. The quantitative estimate of drug-likeness (QED) is 0.768. The van der Waals surface area contributed by atoms with Crippen LogP contribution in [0.3, 0.4) is 0 Å². The highest BCUT2D eigenvalue weighted by Gasteiger charge is 2.19. The summed E-state index contributed by atoms with van der Waals surface area (Å²) in [7, 11) is 0. The van der Waals surface area contributed by atoms with Crippen molar-refractivity contribution < 1.29 is 4.84 Å². The predicted molar refractivity (Wildman–Crippen MR) is 64.8 cm³/mol. The van der Waals surface area contributed by atoms with Crippen LogP contribution >= 0.6 is 0 Å². The summed E-state index contributed by atoms with van der Waals surface area (Å²) in [5.41, 5.74) is 4.19. The molecule has 4 heteroatoms. The summed E-state index contributed by atoms with van der Waals surface area (Å²) in [6, 6.07) is 12.6. The number of nitrogens with one attached hydrogen (secondary N) is 2. The van der Waals surface area contributed by atoms with Crippen LogP contribution in [0.2, 0.25) is 0 Å². The van der Waals surface area contributed by atoms with E-state index in [4.69, 9.17) is 10.1 Å². The zero-order valence-electron chi connectivity index (χ0n) is 9.73. The zero-order valence-corrected chi connectivity index (χ0v) is 9.73. The Kier molecular flexibility index (Phi) is 4.51. The Balaban J connectivity index is 1.65. The minimum atomic E-state index is 0.00201. The van der Waals surface area contributed by atoms with Gasteiger partial charge in [-0.3, -0.25) is 4.84 Å². The largest absolute Gasteiger partial charge is 0.300 e. The highest BCUT2D eigenvalue weighted by Crippen LogP contribution is 2.08. The van der Waals surface area contributed by atoms with Crippen LogP contribution in [-0.2, 0) is 11.4 Å². The molecule has 2 rings (SSSR count). The molecule has 1 aliphatic rings. The van der Waals surface area contributed by atoms with Gasteiger partial charge in [0.2, 0.25) is 0 Å². The number of hydrogen-bond donors (Lipinski definition) is 2. The van der Waals surface area contributed by atoms with E-state index in [1.165, 1.54) is 0 Å². The van der Waals surface area contributed by atoms with Gasteiger partial charge in [0, 0.05) is 12.6 Å². The maximum Gasteiger partial charge on any atom is 0.0954 e. The van der Waals surface area contributed by atoms with Gasteiger partial charge >= 0.3 is 0 Å². The van der Waals surface area contributed by atoms with Crippen molar-refractivity contribution in [3.8, 4) is 6.07 Å². The number of piperidine rings is 1. The minimum Gasteiger partial charge on any atom is -0.300 e. The van der Waals surface area contributed by atoms with Gasteiger partial charge in [-0.1, -0.05) is 30.3 Å². The van der Waals surface area contributed by atoms with Crippen LogP contribution in [0.15, 0.2) is 30.3 Å². The van der Waals surface area contributed by atoms with E-state index in [0.717, 1.165) is 24.9 Å². The number of hydrogen-bond acceptors (Lipinski definition) is 4. The molecular formula is C13H17N3O. The average molecular weight is 231 g/mol. The molecule has 1 heterocycles. The molecule has 0 saturated carbocycles. The van der Waals surface area contributed by atoms with Gasteiger partial charge in [0.05, 0.1) is 18.7 Å². The molecule has 2 N–H and O–H groups in total. The Morgan fingerprint density at radius 1 is 1.35 bits per heavy atom. The van der Waals surface area contributed by atoms with Crippen LogP contribution < -0.4 is 10.8 Å². The van der Waals surface area contributed by atoms with E-state index in [-0.39, 0.29) is 6.04 Å². The molecule has 0 unspecified atom stereocenters. The van der Waals surface area contributed by atoms with Crippen LogP contribution in [0.4, 0.5) is 0 Å². The predicted octanol–water partition coefficient (Wildman–Crippen LogP) is 1.35. The first-order chi connectivity index (χ1) is 8.38. The Hall–Kier alpha value is -1.41. The van der Waals surface area contributed by atoms with Gasteiger partial charge in [-0.2, -0.15) is 10.7 Å². The van der Waals surface area contributed by atoms with Crippen molar-refractivity contribution in [2.24, 2.45) is 0 Å². The first-order valence-electron chi connectivity index (χ1n) is 5.92. The molecule has 2 atom stereocenters. The standard InChI is InChI=1S/C13H17N3O/c14-8-12-6-7-13(9-15-12)16-17-10-11-4-2-1-3-5-11/h1-5,12-13,15-16H,6-7,9-10H2/t12-,13+/m0/s1. The minimum absolute atomic E-state index is 0.00201. The second-order valence-electron chi connectivity index (χ2n) is 4.26. The molecule has 1 aromatic carbocycles. The van der Waals surface area contributed by atoms with Crippen molar-refractivity contribution >= 4 is 0 Å². The molecule has 1 aromatic rings. The molecule has 90 valence electrons. The molecule has 1 saturated heterocycles. The van der Waals surface area contributed by atoms with Crippen LogP contribution in [0, 0.1) is 11.3 Å². The number of rotatable bonds is 4. The number of benzene rings is 1. The van der Waals surface area contributed by atoms with Crippen molar-refractivity contribution in [1.29, 1.82) is 5.26 Å². The maximum absolute atomic E-state index is 8.74. The van der Waals surface area contributed by atoms with Crippen molar-refractivity contribution in [3.63, 3.8) is 0 Å². The SMILES string of the molecule is N#C[C@@H]1CC[C@@H](NOCc2ccccc2)CN1. The highest BCUT2D eigenvalue weighted by atomic mass is 16.6. The van der Waals surface area contributed by atoms with Crippen LogP contribution in [0.5, 0.6) is 0 Å². The average Bonchev–Trinajstić information content (AvgIpc) is 2.41. The second kappa shape index (κ2) is 6.36. The monoisotopic (exact) mass is 231 g/mol. The van der Waals surface area contributed by atoms with E-state index >= 15 is 0 Å². The fourth-order valence-electron chi connectivity index (χ4n) is 1.88. The van der Waals surface area contributed by atoms with Crippen LogP contribution in [0.1, 0.15) is 18.4 Å². The topological polar surface area (TPSA) is 57.1 Å². The smallest absolute Gasteiger partial charge is 0.0954 e. The number of nitriles is 1. The second-order valence-corrected chi connectivity index (χ2v) is 4.26. The van der Waals surface area contributed by atoms with Gasteiger partial charge in [-0.25, -0.2) is 0 Å². The Morgan fingerprint density at radius 3 is 2.82 bits per heavy atom. The molecule has 0 bridgehead atoms. The molecule has 0 spiro atoms.